The molecule has 2 aliphatic heterocycles. The smallest absolute Gasteiger partial charge is 0.475 e. The van der Waals surface area contributed by atoms with Gasteiger partial charge in [0.1, 0.15) is 5.76 Å². The van der Waals surface area contributed by atoms with Crippen LogP contribution in [0.5, 0.6) is 0 Å². The first-order chi connectivity index (χ1) is 15.7. The van der Waals surface area contributed by atoms with Crippen LogP contribution < -0.4 is 5.32 Å². The minimum atomic E-state index is -5.08. The van der Waals surface area contributed by atoms with E-state index in [1.54, 1.807) is 41.8 Å². The number of amides is 2. The van der Waals surface area contributed by atoms with Gasteiger partial charge in [0.25, 0.3) is 5.91 Å². The zero-order valence-electron chi connectivity index (χ0n) is 17.3. The lowest BCUT2D eigenvalue weighted by Gasteiger charge is -2.40. The number of fused-ring (bicyclic) bond motifs is 1. The van der Waals surface area contributed by atoms with Crippen molar-refractivity contribution in [3.05, 3.63) is 54.2 Å². The van der Waals surface area contributed by atoms with Crippen molar-refractivity contribution in [1.29, 1.82) is 0 Å². The number of carbonyl (C=O) groups is 3. The average Bonchev–Trinajstić information content (AvgIpc) is 3.48. The Balaban J connectivity index is 0.000000383. The molecular weight excluding hydrogens is 447 g/mol. The van der Waals surface area contributed by atoms with Gasteiger partial charge in [-0.25, -0.2) is 4.79 Å². The summed E-state index contributed by atoms with van der Waals surface area (Å²) in [5, 5.41) is 10.0. The fourth-order valence-corrected chi connectivity index (χ4v) is 3.76. The van der Waals surface area contributed by atoms with Crippen molar-refractivity contribution in [1.82, 2.24) is 15.2 Å². The molecule has 2 aromatic rings. The van der Waals surface area contributed by atoms with E-state index in [1.165, 1.54) is 0 Å². The second-order valence-electron chi connectivity index (χ2n) is 7.49. The molecule has 0 spiro atoms. The van der Waals surface area contributed by atoms with Crippen LogP contribution >= 0.6 is 0 Å². The van der Waals surface area contributed by atoms with E-state index in [-0.39, 0.29) is 29.9 Å². The van der Waals surface area contributed by atoms with Gasteiger partial charge in [-0.1, -0.05) is 0 Å². The Morgan fingerprint density at radius 3 is 2.52 bits per heavy atom. The highest BCUT2D eigenvalue weighted by Crippen LogP contribution is 2.32. The van der Waals surface area contributed by atoms with Crippen molar-refractivity contribution in [2.45, 2.75) is 37.7 Å². The molecule has 4 rings (SSSR count). The fourth-order valence-electron chi connectivity index (χ4n) is 3.76. The lowest BCUT2D eigenvalue weighted by molar-refractivity contribution is -0.192. The van der Waals surface area contributed by atoms with Crippen molar-refractivity contribution >= 4 is 17.8 Å². The van der Waals surface area contributed by atoms with E-state index >= 15 is 0 Å². The third-order valence-electron chi connectivity index (χ3n) is 5.33. The van der Waals surface area contributed by atoms with E-state index in [0.29, 0.717) is 37.4 Å². The summed E-state index contributed by atoms with van der Waals surface area (Å²) in [5.41, 5.74) is 0.585. The molecule has 4 heterocycles. The van der Waals surface area contributed by atoms with E-state index in [9.17, 15) is 22.8 Å². The number of rotatable bonds is 4. The van der Waals surface area contributed by atoms with Crippen LogP contribution in [0, 0.1) is 5.92 Å². The molecule has 0 saturated carbocycles. The Hall–Kier alpha value is -3.41. The zero-order valence-corrected chi connectivity index (χ0v) is 17.3. The molecule has 2 N–H and O–H groups in total. The molecule has 0 radical (unpaired) electrons. The number of pyridine rings is 1. The predicted octanol–water partition coefficient (Wildman–Crippen LogP) is 2.24. The Morgan fingerprint density at radius 2 is 1.91 bits per heavy atom. The number of aromatic nitrogens is 1. The first-order valence-electron chi connectivity index (χ1n) is 10.1. The van der Waals surface area contributed by atoms with Crippen LogP contribution in [0.3, 0.4) is 0 Å². The minimum absolute atomic E-state index is 0.0322. The van der Waals surface area contributed by atoms with Gasteiger partial charge in [0.05, 0.1) is 30.9 Å². The van der Waals surface area contributed by atoms with Crippen LogP contribution in [-0.4, -0.2) is 64.2 Å². The van der Waals surface area contributed by atoms with E-state index in [2.05, 4.69) is 10.3 Å². The summed E-state index contributed by atoms with van der Waals surface area (Å²) in [6, 6.07) is 7.04. The Kier molecular flexibility index (Phi) is 7.69. The van der Waals surface area contributed by atoms with Gasteiger partial charge in [-0.3, -0.25) is 14.6 Å². The van der Waals surface area contributed by atoms with Gasteiger partial charge in [-0.15, -0.1) is 0 Å². The highest BCUT2D eigenvalue weighted by Gasteiger charge is 2.44. The third-order valence-corrected chi connectivity index (χ3v) is 5.33. The standard InChI is InChI=1S/C19H21N3O4.C2HF3O2/c23-18(21-11-15-2-1-8-25-15)14-10-17-16(5-9-26-17)22(12-14)19(24)13-3-6-20-7-4-13;3-2(4,5)1(6)7/h1-4,6-8,14,16-17H,5,9-12H2,(H,21,23);(H,6,7)/t14-,16+,17+;/m0./s1. The molecule has 0 unspecified atom stereocenters. The Morgan fingerprint density at radius 1 is 1.21 bits per heavy atom. The topological polar surface area (TPSA) is 122 Å². The van der Waals surface area contributed by atoms with Crippen LogP contribution in [0.2, 0.25) is 0 Å². The maximum absolute atomic E-state index is 13.0. The zero-order chi connectivity index (χ0) is 24.0. The van der Waals surface area contributed by atoms with Crippen LogP contribution in [-0.2, 0) is 20.9 Å². The van der Waals surface area contributed by atoms with Gasteiger partial charge in [0.2, 0.25) is 5.91 Å². The molecule has 33 heavy (non-hydrogen) atoms. The number of alkyl halides is 3. The maximum Gasteiger partial charge on any atom is 0.490 e. The third kappa shape index (κ3) is 6.31. The van der Waals surface area contributed by atoms with Gasteiger partial charge in [0, 0.05) is 31.1 Å². The number of ether oxygens (including phenoxy) is 1. The molecule has 2 amide bonds. The van der Waals surface area contributed by atoms with E-state index < -0.39 is 12.1 Å². The summed E-state index contributed by atoms with van der Waals surface area (Å²) in [4.78, 5) is 40.2. The lowest BCUT2D eigenvalue weighted by Crippen LogP contribution is -2.54. The monoisotopic (exact) mass is 469 g/mol. The number of hydrogen-bond donors (Lipinski definition) is 2. The first kappa shape index (κ1) is 24.2. The summed E-state index contributed by atoms with van der Waals surface area (Å²) in [6.07, 6.45) is 1.06. The highest BCUT2D eigenvalue weighted by molar-refractivity contribution is 5.95. The van der Waals surface area contributed by atoms with E-state index in [0.717, 1.165) is 6.42 Å². The fraction of sp³-hybridized carbons (Fsp3) is 0.429. The van der Waals surface area contributed by atoms with Crippen molar-refractivity contribution in [2.24, 2.45) is 5.92 Å². The lowest BCUT2D eigenvalue weighted by atomic mass is 9.89. The summed E-state index contributed by atoms with van der Waals surface area (Å²) >= 11 is 0. The molecule has 0 aliphatic carbocycles. The van der Waals surface area contributed by atoms with Crippen molar-refractivity contribution in [3.63, 3.8) is 0 Å². The first-order valence-corrected chi connectivity index (χ1v) is 10.1. The number of nitrogens with zero attached hydrogens (tertiary/aromatic N) is 2. The minimum Gasteiger partial charge on any atom is -0.475 e. The molecule has 3 atom stereocenters. The number of likely N-dealkylation sites (tertiary alicyclic amines) is 1. The molecule has 2 fully saturated rings. The molecule has 2 aromatic heterocycles. The maximum atomic E-state index is 13.0. The number of carbonyl (C=O) groups excluding carboxylic acids is 2. The van der Waals surface area contributed by atoms with Crippen LogP contribution in [0.25, 0.3) is 0 Å². The summed E-state index contributed by atoms with van der Waals surface area (Å²) in [7, 11) is 0. The number of halogens is 3. The van der Waals surface area contributed by atoms with Gasteiger partial charge in [-0.2, -0.15) is 13.2 Å². The molecule has 2 saturated heterocycles. The largest absolute Gasteiger partial charge is 0.490 e. The van der Waals surface area contributed by atoms with E-state index in [1.807, 2.05) is 6.07 Å². The number of nitrogens with one attached hydrogen (secondary N) is 1. The molecule has 0 bridgehead atoms. The normalized spacial score (nSPS) is 22.0. The number of furan rings is 1. The number of hydrogen-bond acceptors (Lipinski definition) is 6. The van der Waals surface area contributed by atoms with Crippen molar-refractivity contribution in [2.75, 3.05) is 13.2 Å². The van der Waals surface area contributed by atoms with Gasteiger partial charge in [0.15, 0.2) is 0 Å². The summed E-state index contributed by atoms with van der Waals surface area (Å²) < 4.78 is 42.8. The second-order valence-corrected chi connectivity index (χ2v) is 7.49. The van der Waals surface area contributed by atoms with E-state index in [4.69, 9.17) is 19.1 Å². The highest BCUT2D eigenvalue weighted by atomic mass is 19.4. The Bertz CT molecular complexity index is 952. The average molecular weight is 469 g/mol. The summed E-state index contributed by atoms with van der Waals surface area (Å²) in [5.74, 6) is -2.50. The molecule has 12 heteroatoms. The second kappa shape index (κ2) is 10.5. The summed E-state index contributed by atoms with van der Waals surface area (Å²) in [6.45, 7) is 1.36. The number of aliphatic carboxylic acids is 1. The quantitative estimate of drug-likeness (QED) is 0.704. The molecule has 9 nitrogen and oxygen atoms in total. The molecule has 2 aliphatic rings. The number of carboxylic acids is 1. The van der Waals surface area contributed by atoms with Gasteiger partial charge >= 0.3 is 12.1 Å². The van der Waals surface area contributed by atoms with Gasteiger partial charge in [-0.05, 0) is 37.1 Å². The van der Waals surface area contributed by atoms with Crippen molar-refractivity contribution in [3.8, 4) is 0 Å². The van der Waals surface area contributed by atoms with Crippen LogP contribution in [0.15, 0.2) is 47.3 Å². The SMILES string of the molecule is O=C(NCc1ccco1)[C@H]1C[C@H]2OCC[C@H]2N(C(=O)c2ccncc2)C1.O=C(O)C(F)(F)F. The van der Waals surface area contributed by atoms with Gasteiger partial charge < -0.3 is 24.5 Å². The molecular formula is C21H22F3N3O6. The van der Waals surface area contributed by atoms with Crippen LogP contribution in [0.4, 0.5) is 13.2 Å². The number of piperidine rings is 1. The van der Waals surface area contributed by atoms with Crippen molar-refractivity contribution < 1.29 is 41.8 Å². The molecule has 0 aromatic carbocycles. The Labute approximate surface area is 186 Å². The molecule has 178 valence electrons. The number of carboxylic acid groups (broad SMARTS) is 1. The predicted molar refractivity (Wildman–Crippen MR) is 106 cm³/mol. The van der Waals surface area contributed by atoms with Crippen LogP contribution in [0.1, 0.15) is 29.0 Å².